The fourth-order valence-electron chi connectivity index (χ4n) is 4.33. The molecule has 1 atom stereocenters. The monoisotopic (exact) mass is 409 g/mol. The number of anilines is 2. The minimum absolute atomic E-state index is 0.0648. The van der Waals surface area contributed by atoms with Crippen LogP contribution in [0.15, 0.2) is 47.7 Å². The molecule has 7 nitrogen and oxygen atoms in total. The van der Waals surface area contributed by atoms with Crippen molar-refractivity contribution < 1.29 is 23.8 Å². The third-order valence-electron chi connectivity index (χ3n) is 5.82. The molecule has 1 aliphatic carbocycles. The highest BCUT2D eigenvalue weighted by molar-refractivity contribution is 6.10. The molecule has 1 N–H and O–H groups in total. The van der Waals surface area contributed by atoms with Gasteiger partial charge in [-0.2, -0.15) is 0 Å². The molecule has 30 heavy (non-hydrogen) atoms. The van der Waals surface area contributed by atoms with Crippen molar-refractivity contribution in [1.29, 1.82) is 0 Å². The Morgan fingerprint density at radius 1 is 1.17 bits per heavy atom. The number of carbonyl (C=O) groups is 2. The average Bonchev–Trinajstić information content (AvgIpc) is 3.01. The Balaban J connectivity index is 1.54. The lowest BCUT2D eigenvalue weighted by molar-refractivity contribution is -0.121. The summed E-state index contributed by atoms with van der Waals surface area (Å²) in [7, 11) is 0. The summed E-state index contributed by atoms with van der Waals surface area (Å²) in [4.78, 5) is 32.3. The smallest absolute Gasteiger partial charge is 0.265 e. The van der Waals surface area contributed by atoms with Gasteiger partial charge in [-0.3, -0.25) is 24.4 Å². The molecule has 2 aliphatic heterocycles. The lowest BCUT2D eigenvalue weighted by Gasteiger charge is -2.31. The van der Waals surface area contributed by atoms with Gasteiger partial charge in [0.1, 0.15) is 5.75 Å². The van der Waals surface area contributed by atoms with Gasteiger partial charge in [0.05, 0.1) is 23.6 Å². The summed E-state index contributed by atoms with van der Waals surface area (Å²) in [5.74, 6) is -1.15. The van der Waals surface area contributed by atoms with Crippen LogP contribution in [0.2, 0.25) is 0 Å². The summed E-state index contributed by atoms with van der Waals surface area (Å²) in [6, 6.07) is 7.96. The minimum atomic E-state index is -1.19. The predicted molar refractivity (Wildman–Crippen MR) is 106 cm³/mol. The van der Waals surface area contributed by atoms with E-state index in [-0.39, 0.29) is 36.4 Å². The lowest BCUT2D eigenvalue weighted by atomic mass is 9.93. The summed E-state index contributed by atoms with van der Waals surface area (Å²) in [5, 5.41) is 10.7. The number of aromatic nitrogens is 1. The fourth-order valence-corrected chi connectivity index (χ4v) is 4.33. The minimum Gasteiger partial charge on any atom is -0.481 e. The first-order valence-corrected chi connectivity index (χ1v) is 9.95. The molecule has 2 aromatic rings. The lowest BCUT2D eigenvalue weighted by Crippen LogP contribution is -2.40. The number of ether oxygens (including phenoxy) is 1. The van der Waals surface area contributed by atoms with Crippen molar-refractivity contribution in [1.82, 2.24) is 4.98 Å². The first-order valence-electron chi connectivity index (χ1n) is 9.95. The first-order chi connectivity index (χ1) is 14.5. The molecule has 0 radical (unpaired) electrons. The highest BCUT2D eigenvalue weighted by Gasteiger charge is 2.41. The quantitative estimate of drug-likeness (QED) is 0.843. The number of hydrogen-bond acceptors (Lipinski definition) is 5. The Bertz CT molecular complexity index is 1070. The van der Waals surface area contributed by atoms with Crippen molar-refractivity contribution in [3.8, 4) is 5.75 Å². The Labute approximate surface area is 172 Å². The number of benzene rings is 1. The van der Waals surface area contributed by atoms with Gasteiger partial charge in [-0.25, -0.2) is 4.39 Å². The van der Waals surface area contributed by atoms with Crippen LogP contribution in [0.5, 0.6) is 5.75 Å². The van der Waals surface area contributed by atoms with Gasteiger partial charge in [-0.1, -0.05) is 6.07 Å². The summed E-state index contributed by atoms with van der Waals surface area (Å²) >= 11 is 0. The van der Waals surface area contributed by atoms with Crippen LogP contribution >= 0.6 is 0 Å². The molecule has 1 unspecified atom stereocenters. The van der Waals surface area contributed by atoms with Crippen LogP contribution in [-0.2, 0) is 16.1 Å². The second-order valence-corrected chi connectivity index (χ2v) is 7.62. The first kappa shape index (κ1) is 18.7. The standard InChI is InChI=1S/C22H20FN3O4/c23-16-9-19-18(25(20(27)12-30-19)11-13-5-3-4-8-24-13)10-17(16)26-21(28)14-6-1-2-7-15(14)22(26)29/h3-5,8-10,21,28H,1-2,6-7,11-12H2. The molecule has 0 saturated carbocycles. The van der Waals surface area contributed by atoms with E-state index in [0.29, 0.717) is 35.4 Å². The van der Waals surface area contributed by atoms with E-state index in [9.17, 15) is 19.1 Å². The fraction of sp³-hybridized carbons (Fsp3) is 0.318. The van der Waals surface area contributed by atoms with E-state index in [4.69, 9.17) is 4.74 Å². The third kappa shape index (κ3) is 2.95. The molecule has 0 bridgehead atoms. The Morgan fingerprint density at radius 2 is 2.00 bits per heavy atom. The van der Waals surface area contributed by atoms with Crippen LogP contribution in [0.3, 0.4) is 0 Å². The Kier molecular flexibility index (Phi) is 4.51. The number of fused-ring (bicyclic) bond motifs is 1. The molecule has 154 valence electrons. The SMILES string of the molecule is O=C1COc2cc(F)c(N3C(=O)C4=C(CCCC4)C3O)cc2N1Cc1ccccn1. The number of aliphatic hydroxyl groups excluding tert-OH is 1. The van der Waals surface area contributed by atoms with Crippen molar-refractivity contribution in [3.05, 3.63) is 59.2 Å². The van der Waals surface area contributed by atoms with Gasteiger partial charge in [0, 0.05) is 17.8 Å². The Morgan fingerprint density at radius 3 is 2.77 bits per heavy atom. The molecule has 5 rings (SSSR count). The van der Waals surface area contributed by atoms with Crippen LogP contribution in [0.25, 0.3) is 0 Å². The molecule has 1 aromatic heterocycles. The average molecular weight is 409 g/mol. The number of nitrogens with zero attached hydrogens (tertiary/aromatic N) is 3. The second-order valence-electron chi connectivity index (χ2n) is 7.62. The van der Waals surface area contributed by atoms with Crippen molar-refractivity contribution in [2.75, 3.05) is 16.4 Å². The predicted octanol–water partition coefficient (Wildman–Crippen LogP) is 2.68. The van der Waals surface area contributed by atoms with Gasteiger partial charge in [0.2, 0.25) is 0 Å². The molecule has 8 heteroatoms. The van der Waals surface area contributed by atoms with Gasteiger partial charge in [-0.05, 0) is 49.5 Å². The Hall–Kier alpha value is -3.26. The summed E-state index contributed by atoms with van der Waals surface area (Å²) < 4.78 is 20.4. The van der Waals surface area contributed by atoms with Gasteiger partial charge in [0.25, 0.3) is 11.8 Å². The van der Waals surface area contributed by atoms with Crippen molar-refractivity contribution in [3.63, 3.8) is 0 Å². The van der Waals surface area contributed by atoms with E-state index in [0.717, 1.165) is 17.7 Å². The number of amides is 2. The van der Waals surface area contributed by atoms with Crippen molar-refractivity contribution in [2.24, 2.45) is 0 Å². The summed E-state index contributed by atoms with van der Waals surface area (Å²) in [6.45, 7) is -0.0217. The number of hydrogen-bond donors (Lipinski definition) is 1. The maximum absolute atomic E-state index is 15.0. The maximum atomic E-state index is 15.0. The summed E-state index contributed by atoms with van der Waals surface area (Å²) in [5.41, 5.74) is 2.19. The highest BCUT2D eigenvalue weighted by atomic mass is 19.1. The molecule has 0 saturated heterocycles. The van der Waals surface area contributed by atoms with Crippen LogP contribution in [0, 0.1) is 5.82 Å². The zero-order valence-corrected chi connectivity index (χ0v) is 16.2. The van der Waals surface area contributed by atoms with E-state index in [1.54, 1.807) is 18.3 Å². The van der Waals surface area contributed by atoms with Gasteiger partial charge >= 0.3 is 0 Å². The molecule has 1 aromatic carbocycles. The highest BCUT2D eigenvalue weighted by Crippen LogP contribution is 2.43. The number of pyridine rings is 1. The molecular formula is C22H20FN3O4. The van der Waals surface area contributed by atoms with E-state index in [2.05, 4.69) is 4.98 Å². The van der Waals surface area contributed by atoms with Crippen LogP contribution in [0.4, 0.5) is 15.8 Å². The second kappa shape index (κ2) is 7.21. The van der Waals surface area contributed by atoms with E-state index < -0.39 is 12.0 Å². The molecule has 0 fully saturated rings. The molecule has 0 spiro atoms. The molecular weight excluding hydrogens is 389 g/mol. The molecule has 2 amide bonds. The van der Waals surface area contributed by atoms with E-state index in [1.165, 1.54) is 17.0 Å². The number of aliphatic hydroxyl groups is 1. The summed E-state index contributed by atoms with van der Waals surface area (Å²) in [6.07, 6.45) is 3.42. The normalized spacial score (nSPS) is 20.9. The maximum Gasteiger partial charge on any atom is 0.265 e. The van der Waals surface area contributed by atoms with Crippen molar-refractivity contribution in [2.45, 2.75) is 38.5 Å². The zero-order chi connectivity index (χ0) is 20.8. The van der Waals surface area contributed by atoms with Crippen LogP contribution in [-0.4, -0.2) is 34.7 Å². The number of halogens is 1. The van der Waals surface area contributed by atoms with Gasteiger partial charge in [-0.15, -0.1) is 0 Å². The number of rotatable bonds is 3. The third-order valence-corrected chi connectivity index (χ3v) is 5.82. The van der Waals surface area contributed by atoms with E-state index in [1.807, 2.05) is 6.07 Å². The van der Waals surface area contributed by atoms with Gasteiger partial charge < -0.3 is 9.84 Å². The largest absolute Gasteiger partial charge is 0.481 e. The van der Waals surface area contributed by atoms with Crippen LogP contribution < -0.4 is 14.5 Å². The number of carbonyl (C=O) groups excluding carboxylic acids is 2. The molecule has 3 aliphatic rings. The van der Waals surface area contributed by atoms with Crippen LogP contribution in [0.1, 0.15) is 31.4 Å². The zero-order valence-electron chi connectivity index (χ0n) is 16.2. The topological polar surface area (TPSA) is 83.0 Å². The van der Waals surface area contributed by atoms with Gasteiger partial charge in [0.15, 0.2) is 18.7 Å². The van der Waals surface area contributed by atoms with Crippen molar-refractivity contribution >= 4 is 23.2 Å². The molecule has 3 heterocycles. The van der Waals surface area contributed by atoms with E-state index >= 15 is 0 Å².